The summed E-state index contributed by atoms with van der Waals surface area (Å²) in [6, 6.07) is 4.74. The van der Waals surface area contributed by atoms with E-state index < -0.39 is 23.6 Å². The van der Waals surface area contributed by atoms with Crippen molar-refractivity contribution in [2.45, 2.75) is 44.1 Å². The summed E-state index contributed by atoms with van der Waals surface area (Å²) in [7, 11) is 0. The topological polar surface area (TPSA) is 46.5 Å². The van der Waals surface area contributed by atoms with Crippen molar-refractivity contribution in [2.24, 2.45) is 5.92 Å². The Balaban J connectivity index is 1.63. The van der Waals surface area contributed by atoms with Gasteiger partial charge in [0.05, 0.1) is 17.8 Å². The van der Waals surface area contributed by atoms with Crippen LogP contribution >= 0.6 is 0 Å². The fourth-order valence-corrected chi connectivity index (χ4v) is 3.45. The number of hydrogen-bond acceptors (Lipinski definition) is 3. The summed E-state index contributed by atoms with van der Waals surface area (Å²) in [5, 5.41) is 10.3. The lowest BCUT2D eigenvalue weighted by Crippen LogP contribution is -2.30. The highest BCUT2D eigenvalue weighted by Crippen LogP contribution is 2.33. The third-order valence-corrected chi connectivity index (χ3v) is 4.87. The van der Waals surface area contributed by atoms with E-state index in [-0.39, 0.29) is 24.5 Å². The number of aliphatic hydroxyl groups is 1. The van der Waals surface area contributed by atoms with Gasteiger partial charge in [0, 0.05) is 24.5 Å². The molecule has 1 aliphatic carbocycles. The van der Waals surface area contributed by atoms with Crippen LogP contribution in [0.2, 0.25) is 0 Å². The van der Waals surface area contributed by atoms with Gasteiger partial charge in [0.1, 0.15) is 0 Å². The molecule has 0 aromatic heterocycles. The summed E-state index contributed by atoms with van der Waals surface area (Å²) in [6.45, 7) is 0.682. The van der Waals surface area contributed by atoms with Crippen LogP contribution in [0.3, 0.4) is 0 Å². The minimum absolute atomic E-state index is 0.0680. The minimum atomic E-state index is -4.58. The van der Waals surface area contributed by atoms with Gasteiger partial charge in [0.25, 0.3) is 0 Å². The van der Waals surface area contributed by atoms with Crippen molar-refractivity contribution >= 4 is 5.78 Å². The molecule has 140 valence electrons. The van der Waals surface area contributed by atoms with E-state index in [9.17, 15) is 23.1 Å². The SMILES string of the molecule is O=C(CCC(O)C1=CC2OCCCC2C=C1)c1ccccc1C(F)(F)F. The number of halogens is 3. The van der Waals surface area contributed by atoms with Crippen LogP contribution in [0.5, 0.6) is 0 Å². The number of carbonyl (C=O) groups excluding carboxylic acids is 1. The fraction of sp³-hybridized carbons (Fsp3) is 0.450. The number of alkyl halides is 3. The summed E-state index contributed by atoms with van der Waals surface area (Å²) >= 11 is 0. The summed E-state index contributed by atoms with van der Waals surface area (Å²) in [5.41, 5.74) is -0.629. The molecule has 3 rings (SSSR count). The van der Waals surface area contributed by atoms with Gasteiger partial charge in [-0.15, -0.1) is 0 Å². The standard InChI is InChI=1S/C20H21F3O3/c21-20(22,23)16-6-2-1-5-15(16)18(25)10-9-17(24)14-8-7-13-4-3-11-26-19(13)12-14/h1-2,5-8,12-13,17,19,24H,3-4,9-11H2. The molecule has 6 heteroatoms. The highest BCUT2D eigenvalue weighted by atomic mass is 19.4. The summed E-state index contributed by atoms with van der Waals surface area (Å²) in [5.74, 6) is -0.316. The van der Waals surface area contributed by atoms with Gasteiger partial charge >= 0.3 is 6.18 Å². The first-order valence-electron chi connectivity index (χ1n) is 8.75. The monoisotopic (exact) mass is 366 g/mol. The molecule has 1 fully saturated rings. The van der Waals surface area contributed by atoms with Crippen LogP contribution in [-0.4, -0.2) is 29.7 Å². The highest BCUT2D eigenvalue weighted by molar-refractivity contribution is 5.97. The molecule has 0 spiro atoms. The number of rotatable bonds is 5. The number of Topliss-reactive ketones (excluding diaryl/α,β-unsaturated/α-hetero) is 1. The van der Waals surface area contributed by atoms with Crippen molar-refractivity contribution in [3.05, 3.63) is 59.2 Å². The normalized spacial score (nSPS) is 23.9. The predicted molar refractivity (Wildman–Crippen MR) is 90.7 cm³/mol. The zero-order valence-corrected chi connectivity index (χ0v) is 14.2. The summed E-state index contributed by atoms with van der Waals surface area (Å²) < 4.78 is 44.7. The molecule has 2 aliphatic rings. The van der Waals surface area contributed by atoms with Crippen LogP contribution in [0, 0.1) is 5.92 Å². The molecule has 0 radical (unpaired) electrons. The first-order chi connectivity index (χ1) is 12.4. The van der Waals surface area contributed by atoms with Crippen molar-refractivity contribution in [2.75, 3.05) is 6.61 Å². The number of carbonyl (C=O) groups is 1. The fourth-order valence-electron chi connectivity index (χ4n) is 3.45. The van der Waals surface area contributed by atoms with Gasteiger partial charge in [-0.25, -0.2) is 0 Å². The second kappa shape index (κ2) is 7.76. The van der Waals surface area contributed by atoms with Gasteiger partial charge in [0.2, 0.25) is 0 Å². The zero-order chi connectivity index (χ0) is 18.7. The maximum Gasteiger partial charge on any atom is 0.417 e. The first-order valence-corrected chi connectivity index (χ1v) is 8.75. The third-order valence-electron chi connectivity index (χ3n) is 4.87. The number of hydrogen-bond donors (Lipinski definition) is 1. The molecule has 1 aliphatic heterocycles. The lowest BCUT2D eigenvalue weighted by Gasteiger charge is -2.31. The Bertz CT molecular complexity index is 721. The molecule has 0 amide bonds. The van der Waals surface area contributed by atoms with Gasteiger partial charge < -0.3 is 9.84 Å². The molecule has 0 saturated carbocycles. The van der Waals surface area contributed by atoms with Crippen LogP contribution in [0.1, 0.15) is 41.6 Å². The molecule has 1 saturated heterocycles. The smallest absolute Gasteiger partial charge is 0.388 e. The van der Waals surface area contributed by atoms with Gasteiger partial charge in [0.15, 0.2) is 5.78 Å². The Morgan fingerprint density at radius 2 is 2.08 bits per heavy atom. The van der Waals surface area contributed by atoms with Crippen LogP contribution < -0.4 is 0 Å². The van der Waals surface area contributed by atoms with Gasteiger partial charge in [-0.1, -0.05) is 30.4 Å². The van der Waals surface area contributed by atoms with Crippen LogP contribution in [0.25, 0.3) is 0 Å². The van der Waals surface area contributed by atoms with Crippen molar-refractivity contribution in [3.8, 4) is 0 Å². The average Bonchev–Trinajstić information content (AvgIpc) is 2.64. The molecular weight excluding hydrogens is 345 g/mol. The predicted octanol–water partition coefficient (Wildman–Crippen LogP) is 4.32. The van der Waals surface area contributed by atoms with Crippen LogP contribution in [-0.2, 0) is 10.9 Å². The van der Waals surface area contributed by atoms with Crippen molar-refractivity contribution in [1.29, 1.82) is 0 Å². The van der Waals surface area contributed by atoms with Crippen LogP contribution in [0.15, 0.2) is 48.1 Å². The first kappa shape index (κ1) is 18.9. The maximum atomic E-state index is 13.0. The Labute approximate surface area is 150 Å². The zero-order valence-electron chi connectivity index (χ0n) is 14.2. The van der Waals surface area contributed by atoms with Gasteiger partial charge in [-0.2, -0.15) is 13.2 Å². The molecule has 3 nitrogen and oxygen atoms in total. The Kier molecular flexibility index (Phi) is 5.63. The van der Waals surface area contributed by atoms with E-state index in [1.165, 1.54) is 18.2 Å². The highest BCUT2D eigenvalue weighted by Gasteiger charge is 2.34. The van der Waals surface area contributed by atoms with Crippen molar-refractivity contribution in [3.63, 3.8) is 0 Å². The van der Waals surface area contributed by atoms with Gasteiger partial charge in [-0.05, 0) is 37.0 Å². The van der Waals surface area contributed by atoms with E-state index in [0.29, 0.717) is 18.1 Å². The minimum Gasteiger partial charge on any atom is -0.388 e. The summed E-state index contributed by atoms with van der Waals surface area (Å²) in [6.07, 6.45) is 2.10. The second-order valence-electron chi connectivity index (χ2n) is 6.69. The Morgan fingerprint density at radius 3 is 2.85 bits per heavy atom. The Morgan fingerprint density at radius 1 is 1.31 bits per heavy atom. The lowest BCUT2D eigenvalue weighted by atomic mass is 9.86. The molecule has 1 aromatic rings. The van der Waals surface area contributed by atoms with Crippen molar-refractivity contribution in [1.82, 2.24) is 0 Å². The molecule has 1 heterocycles. The number of fused-ring (bicyclic) bond motifs is 1. The molecule has 0 bridgehead atoms. The van der Waals surface area contributed by atoms with E-state index >= 15 is 0 Å². The van der Waals surface area contributed by atoms with E-state index in [1.807, 2.05) is 18.2 Å². The maximum absolute atomic E-state index is 13.0. The van der Waals surface area contributed by atoms with Crippen molar-refractivity contribution < 1.29 is 27.8 Å². The average molecular weight is 366 g/mol. The van der Waals surface area contributed by atoms with Gasteiger partial charge in [-0.3, -0.25) is 4.79 Å². The largest absolute Gasteiger partial charge is 0.417 e. The lowest BCUT2D eigenvalue weighted by molar-refractivity contribution is -0.137. The van der Waals surface area contributed by atoms with Crippen LogP contribution in [0.4, 0.5) is 13.2 Å². The molecule has 3 unspecified atom stereocenters. The van der Waals surface area contributed by atoms with E-state index in [2.05, 4.69) is 0 Å². The number of ketones is 1. The second-order valence-corrected chi connectivity index (χ2v) is 6.69. The molecule has 1 aromatic carbocycles. The van der Waals surface area contributed by atoms with E-state index in [4.69, 9.17) is 4.74 Å². The quantitative estimate of drug-likeness (QED) is 0.790. The number of ether oxygens (including phenoxy) is 1. The summed E-state index contributed by atoms with van der Waals surface area (Å²) in [4.78, 5) is 12.3. The van der Waals surface area contributed by atoms with E-state index in [1.54, 1.807) is 0 Å². The number of aliphatic hydroxyl groups excluding tert-OH is 1. The molecule has 26 heavy (non-hydrogen) atoms. The molecule has 3 atom stereocenters. The molecular formula is C20H21F3O3. The third kappa shape index (κ3) is 4.24. The molecule has 1 N–H and O–H groups in total. The Hall–Kier alpha value is -1.92. The number of benzene rings is 1. The van der Waals surface area contributed by atoms with E-state index in [0.717, 1.165) is 18.9 Å².